The number of hydrogen-bond donors (Lipinski definition) is 0. The van der Waals surface area contributed by atoms with Gasteiger partial charge in [0.1, 0.15) is 30.0 Å². The van der Waals surface area contributed by atoms with Gasteiger partial charge in [0.15, 0.2) is 0 Å². The number of rotatable bonds is 8. The van der Waals surface area contributed by atoms with E-state index >= 15 is 0 Å². The Bertz CT molecular complexity index is 1050. The van der Waals surface area contributed by atoms with Gasteiger partial charge in [-0.05, 0) is 49.9 Å². The van der Waals surface area contributed by atoms with Crippen LogP contribution in [0, 0.1) is 11.3 Å². The third-order valence-corrected chi connectivity index (χ3v) is 6.19. The average Bonchev–Trinajstić information content (AvgIpc) is 3.17. The van der Waals surface area contributed by atoms with E-state index in [1.54, 1.807) is 52.1 Å². The van der Waals surface area contributed by atoms with Crippen LogP contribution in [-0.2, 0) is 37.0 Å². The van der Waals surface area contributed by atoms with E-state index in [9.17, 15) is 14.4 Å². The van der Waals surface area contributed by atoms with E-state index in [2.05, 4.69) is 0 Å². The number of carbonyl (C=O) groups is 3. The fourth-order valence-electron chi connectivity index (χ4n) is 4.23. The number of methoxy groups -OCH3 is 1. The third kappa shape index (κ3) is 6.99. The van der Waals surface area contributed by atoms with Crippen LogP contribution >= 0.6 is 0 Å². The molecule has 3 rings (SSSR count). The molecule has 194 valence electrons. The minimum absolute atomic E-state index is 0.00246. The summed E-state index contributed by atoms with van der Waals surface area (Å²) in [5.41, 5.74) is -0.319. The molecule has 0 radical (unpaired) electrons. The second kappa shape index (κ2) is 11.5. The average molecular weight is 498 g/mol. The highest BCUT2D eigenvalue weighted by Gasteiger charge is 2.54. The molecule has 1 aliphatic heterocycles. The third-order valence-electron chi connectivity index (χ3n) is 6.19. The molecule has 8 heteroatoms. The lowest BCUT2D eigenvalue weighted by Crippen LogP contribution is -2.43. The van der Waals surface area contributed by atoms with Crippen LogP contribution in [-0.4, -0.2) is 48.7 Å². The van der Waals surface area contributed by atoms with Gasteiger partial charge in [0.05, 0.1) is 13.5 Å². The Hall–Kier alpha value is -3.55. The fraction of sp³-hybridized carbons (Fsp3) is 0.464. The molecule has 0 N–H and O–H groups in total. The molecule has 1 aliphatic rings. The largest absolute Gasteiger partial charge is 0.497 e. The van der Waals surface area contributed by atoms with Crippen LogP contribution in [0.2, 0.25) is 0 Å². The first kappa shape index (κ1) is 27.0. The highest BCUT2D eigenvalue weighted by molar-refractivity contribution is 5.85. The predicted octanol–water partition coefficient (Wildman–Crippen LogP) is 4.75. The lowest BCUT2D eigenvalue weighted by atomic mass is 9.76. The van der Waals surface area contributed by atoms with Crippen molar-refractivity contribution in [1.29, 1.82) is 0 Å². The number of likely N-dealkylation sites (tertiary alicyclic amines) is 1. The summed E-state index contributed by atoms with van der Waals surface area (Å²) in [6, 6.07) is 16.5. The normalized spacial score (nSPS) is 19.5. The summed E-state index contributed by atoms with van der Waals surface area (Å²) in [7, 11) is 1.58. The molecule has 2 atom stereocenters. The highest BCUT2D eigenvalue weighted by atomic mass is 16.6. The molecule has 36 heavy (non-hydrogen) atoms. The Morgan fingerprint density at radius 3 is 2.17 bits per heavy atom. The first-order valence-electron chi connectivity index (χ1n) is 12.0. The first-order valence-corrected chi connectivity index (χ1v) is 12.0. The molecule has 8 nitrogen and oxygen atoms in total. The van der Waals surface area contributed by atoms with Crippen molar-refractivity contribution >= 4 is 18.0 Å². The number of carbonyl (C=O) groups excluding carboxylic acids is 3. The van der Waals surface area contributed by atoms with E-state index < -0.39 is 29.0 Å². The quantitative estimate of drug-likeness (QED) is 0.384. The Morgan fingerprint density at radius 1 is 0.944 bits per heavy atom. The molecule has 0 saturated carbocycles. The minimum atomic E-state index is -1.25. The van der Waals surface area contributed by atoms with Gasteiger partial charge in [0, 0.05) is 13.1 Å². The molecular weight excluding hydrogens is 462 g/mol. The van der Waals surface area contributed by atoms with Gasteiger partial charge >= 0.3 is 18.0 Å². The van der Waals surface area contributed by atoms with Crippen LogP contribution in [0.3, 0.4) is 0 Å². The maximum atomic E-state index is 13.5. The zero-order valence-corrected chi connectivity index (χ0v) is 21.6. The summed E-state index contributed by atoms with van der Waals surface area (Å²) in [5, 5.41) is 0. The van der Waals surface area contributed by atoms with E-state index in [-0.39, 0.29) is 38.6 Å². The van der Waals surface area contributed by atoms with Gasteiger partial charge in [-0.25, -0.2) is 4.79 Å². The molecule has 0 aromatic heterocycles. The van der Waals surface area contributed by atoms with Gasteiger partial charge in [-0.3, -0.25) is 9.59 Å². The molecule has 1 fully saturated rings. The Kier molecular flexibility index (Phi) is 8.61. The number of amides is 1. The van der Waals surface area contributed by atoms with Gasteiger partial charge in [-0.1, -0.05) is 49.4 Å². The molecule has 1 heterocycles. The van der Waals surface area contributed by atoms with Crippen molar-refractivity contribution in [1.82, 2.24) is 4.90 Å². The second-order valence-electron chi connectivity index (χ2n) is 10.2. The smallest absolute Gasteiger partial charge is 0.410 e. The van der Waals surface area contributed by atoms with Crippen LogP contribution in [0.4, 0.5) is 4.79 Å². The summed E-state index contributed by atoms with van der Waals surface area (Å²) in [6.07, 6.45) is -0.741. The summed E-state index contributed by atoms with van der Waals surface area (Å²) in [6.45, 7) is 7.55. The van der Waals surface area contributed by atoms with Gasteiger partial charge in [0.2, 0.25) is 0 Å². The fourth-order valence-corrected chi connectivity index (χ4v) is 4.23. The van der Waals surface area contributed by atoms with Gasteiger partial charge in [-0.15, -0.1) is 0 Å². The van der Waals surface area contributed by atoms with Gasteiger partial charge in [0.25, 0.3) is 0 Å². The number of hydrogen-bond acceptors (Lipinski definition) is 7. The second-order valence-corrected chi connectivity index (χ2v) is 10.2. The maximum Gasteiger partial charge on any atom is 0.410 e. The number of esters is 2. The first-order chi connectivity index (χ1) is 17.0. The van der Waals surface area contributed by atoms with Crippen molar-refractivity contribution < 1.29 is 33.3 Å². The number of benzene rings is 2. The van der Waals surface area contributed by atoms with Crippen LogP contribution in [0.25, 0.3) is 0 Å². The predicted molar refractivity (Wildman–Crippen MR) is 133 cm³/mol. The SMILES string of the molecule is COc1ccc(COC(=O)C2(CC(=O)OC(C)(C)C)CN(C(=O)OCc3ccccc3)CC2C)cc1. The standard InChI is InChI=1S/C28H35NO7/c1-20-16-29(26(32)35-18-21-9-7-6-8-10-21)19-28(20,15-24(30)36-27(2,3)4)25(31)34-17-22-11-13-23(33-5)14-12-22/h6-14,20H,15-19H2,1-5H3. The van der Waals surface area contributed by atoms with E-state index in [4.69, 9.17) is 18.9 Å². The van der Waals surface area contributed by atoms with Gasteiger partial charge < -0.3 is 23.8 Å². The van der Waals surface area contributed by atoms with Crippen LogP contribution in [0.15, 0.2) is 54.6 Å². The Morgan fingerprint density at radius 2 is 1.56 bits per heavy atom. The van der Waals surface area contributed by atoms with E-state index in [1.165, 1.54) is 4.90 Å². The van der Waals surface area contributed by atoms with Crippen molar-refractivity contribution in [2.45, 2.75) is 52.9 Å². The van der Waals surface area contributed by atoms with Crippen molar-refractivity contribution in [2.75, 3.05) is 20.2 Å². The van der Waals surface area contributed by atoms with Crippen LogP contribution in [0.1, 0.15) is 45.2 Å². The van der Waals surface area contributed by atoms with Crippen molar-refractivity contribution in [3.05, 3.63) is 65.7 Å². The molecular formula is C28H35NO7. The molecule has 2 unspecified atom stereocenters. The molecule has 0 spiro atoms. The van der Waals surface area contributed by atoms with Gasteiger partial charge in [-0.2, -0.15) is 0 Å². The van der Waals surface area contributed by atoms with E-state index in [0.29, 0.717) is 5.75 Å². The van der Waals surface area contributed by atoms with Crippen molar-refractivity contribution in [2.24, 2.45) is 11.3 Å². The summed E-state index contributed by atoms with van der Waals surface area (Å²) in [5.74, 6) is -0.719. The monoisotopic (exact) mass is 497 g/mol. The molecule has 0 bridgehead atoms. The Labute approximate surface area is 212 Å². The zero-order valence-electron chi connectivity index (χ0n) is 21.6. The molecule has 1 amide bonds. The molecule has 2 aromatic rings. The lowest BCUT2D eigenvalue weighted by Gasteiger charge is -2.31. The zero-order chi connectivity index (χ0) is 26.3. The minimum Gasteiger partial charge on any atom is -0.497 e. The lowest BCUT2D eigenvalue weighted by molar-refractivity contribution is -0.170. The number of nitrogens with zero attached hydrogens (tertiary/aromatic N) is 1. The Balaban J connectivity index is 1.74. The van der Waals surface area contributed by atoms with Crippen LogP contribution in [0.5, 0.6) is 5.75 Å². The van der Waals surface area contributed by atoms with E-state index in [0.717, 1.165) is 11.1 Å². The molecule has 0 aliphatic carbocycles. The molecule has 2 aromatic carbocycles. The maximum absolute atomic E-state index is 13.5. The topological polar surface area (TPSA) is 91.4 Å². The van der Waals surface area contributed by atoms with Crippen molar-refractivity contribution in [3.63, 3.8) is 0 Å². The number of ether oxygens (including phenoxy) is 4. The van der Waals surface area contributed by atoms with E-state index in [1.807, 2.05) is 37.3 Å². The summed E-state index contributed by atoms with van der Waals surface area (Å²) in [4.78, 5) is 40.6. The summed E-state index contributed by atoms with van der Waals surface area (Å²) < 4.78 is 21.8. The highest BCUT2D eigenvalue weighted by Crippen LogP contribution is 2.41. The summed E-state index contributed by atoms with van der Waals surface area (Å²) >= 11 is 0. The molecule has 1 saturated heterocycles. The van der Waals surface area contributed by atoms with Crippen molar-refractivity contribution in [3.8, 4) is 5.75 Å². The van der Waals surface area contributed by atoms with Crippen LogP contribution < -0.4 is 4.74 Å².